The second-order valence-corrected chi connectivity index (χ2v) is 6.39. The molecule has 7 heteroatoms. The number of hydrogen-bond donors (Lipinski definition) is 2. The number of nitrogens with one attached hydrogen (secondary N) is 2. The van der Waals surface area contributed by atoms with Gasteiger partial charge in [-0.15, -0.1) is 0 Å². The van der Waals surface area contributed by atoms with Gasteiger partial charge in [-0.3, -0.25) is 4.79 Å². The van der Waals surface area contributed by atoms with E-state index in [0.29, 0.717) is 35.9 Å². The summed E-state index contributed by atoms with van der Waals surface area (Å²) in [7, 11) is 1.63. The van der Waals surface area contributed by atoms with Crippen LogP contribution in [0.25, 0.3) is 0 Å². The van der Waals surface area contributed by atoms with E-state index in [1.165, 1.54) is 0 Å². The quantitative estimate of drug-likeness (QED) is 0.645. The molecule has 0 saturated carbocycles. The first-order valence-corrected chi connectivity index (χ1v) is 9.11. The fourth-order valence-electron chi connectivity index (χ4n) is 2.74. The Kier molecular flexibility index (Phi) is 6.38. The molecule has 3 rings (SSSR count). The maximum absolute atomic E-state index is 12.5. The molecule has 0 aliphatic rings. The number of carbonyl (C=O) groups excluding carboxylic acids is 1. The number of ether oxygens (including phenoxy) is 1. The van der Waals surface area contributed by atoms with Crippen molar-refractivity contribution in [1.29, 1.82) is 5.26 Å². The first-order chi connectivity index (χ1) is 14.1. The molecule has 1 heterocycles. The third kappa shape index (κ3) is 5.53. The number of nitrogens with zero attached hydrogens (tertiary/aromatic N) is 3. The van der Waals surface area contributed by atoms with E-state index in [1.807, 2.05) is 24.3 Å². The molecule has 0 aliphatic heterocycles. The highest BCUT2D eigenvalue weighted by Crippen LogP contribution is 2.15. The van der Waals surface area contributed by atoms with Crippen molar-refractivity contribution >= 4 is 17.5 Å². The van der Waals surface area contributed by atoms with Crippen molar-refractivity contribution in [2.45, 2.75) is 13.3 Å². The lowest BCUT2D eigenvalue weighted by Crippen LogP contribution is -2.27. The van der Waals surface area contributed by atoms with Gasteiger partial charge in [0.05, 0.1) is 18.7 Å². The molecule has 2 N–H and O–H groups in total. The van der Waals surface area contributed by atoms with E-state index in [2.05, 4.69) is 26.7 Å². The molecule has 146 valence electrons. The lowest BCUT2D eigenvalue weighted by Gasteiger charge is -2.09. The number of nitriles is 1. The second kappa shape index (κ2) is 9.33. The molecule has 0 unspecified atom stereocenters. The molecule has 7 nitrogen and oxygen atoms in total. The highest BCUT2D eigenvalue weighted by molar-refractivity contribution is 5.92. The number of hydrogen-bond acceptors (Lipinski definition) is 6. The molecule has 3 aromatic rings. The van der Waals surface area contributed by atoms with Crippen molar-refractivity contribution in [2.24, 2.45) is 0 Å². The van der Waals surface area contributed by atoms with Crippen molar-refractivity contribution in [1.82, 2.24) is 15.3 Å². The normalized spacial score (nSPS) is 10.1. The van der Waals surface area contributed by atoms with Crippen LogP contribution < -0.4 is 15.4 Å². The predicted octanol–water partition coefficient (Wildman–Crippen LogP) is 3.38. The van der Waals surface area contributed by atoms with Crippen LogP contribution in [0, 0.1) is 18.3 Å². The smallest absolute Gasteiger partial charge is 0.270 e. The Balaban J connectivity index is 1.63. The zero-order valence-corrected chi connectivity index (χ0v) is 16.3. The van der Waals surface area contributed by atoms with Crippen LogP contribution in [0.2, 0.25) is 0 Å². The van der Waals surface area contributed by atoms with Crippen LogP contribution in [-0.2, 0) is 6.42 Å². The zero-order valence-electron chi connectivity index (χ0n) is 16.3. The SMILES string of the molecule is COc1cccc(CCNC(=O)c2cc(C)nc(Nc3ccc(C#N)cc3)n2)c1. The minimum absolute atomic E-state index is 0.263. The number of aromatic nitrogens is 2. The summed E-state index contributed by atoms with van der Waals surface area (Å²) in [6.07, 6.45) is 0.684. The van der Waals surface area contributed by atoms with E-state index in [0.717, 1.165) is 17.0 Å². The average molecular weight is 387 g/mol. The summed E-state index contributed by atoms with van der Waals surface area (Å²) in [5.74, 6) is 0.854. The third-order valence-electron chi connectivity index (χ3n) is 4.19. The summed E-state index contributed by atoms with van der Waals surface area (Å²) in [6, 6.07) is 18.4. The molecule has 1 amide bonds. The van der Waals surface area contributed by atoms with Crippen molar-refractivity contribution in [2.75, 3.05) is 19.0 Å². The van der Waals surface area contributed by atoms with Gasteiger partial charge in [0.2, 0.25) is 5.95 Å². The first kappa shape index (κ1) is 19.8. The van der Waals surface area contributed by atoms with E-state index in [4.69, 9.17) is 10.00 Å². The lowest BCUT2D eigenvalue weighted by molar-refractivity contribution is 0.0949. The van der Waals surface area contributed by atoms with E-state index < -0.39 is 0 Å². The molecule has 0 saturated heterocycles. The fourth-order valence-corrected chi connectivity index (χ4v) is 2.74. The molecule has 0 spiro atoms. The Hall–Kier alpha value is -3.92. The average Bonchev–Trinajstić information content (AvgIpc) is 2.74. The van der Waals surface area contributed by atoms with Gasteiger partial charge in [0.1, 0.15) is 11.4 Å². The Morgan fingerprint density at radius 3 is 2.66 bits per heavy atom. The monoisotopic (exact) mass is 387 g/mol. The van der Waals surface area contributed by atoms with E-state index in [9.17, 15) is 4.79 Å². The van der Waals surface area contributed by atoms with Gasteiger partial charge in [0.25, 0.3) is 5.91 Å². The molecule has 0 atom stereocenters. The molecule has 0 aliphatic carbocycles. The summed E-state index contributed by atoms with van der Waals surface area (Å²) >= 11 is 0. The largest absolute Gasteiger partial charge is 0.497 e. The van der Waals surface area contributed by atoms with Crippen LogP contribution in [0.5, 0.6) is 5.75 Å². The third-order valence-corrected chi connectivity index (χ3v) is 4.19. The standard InChI is InChI=1S/C22H21N5O2/c1-15-12-20(21(28)24-11-10-16-4-3-5-19(13-16)29-2)27-22(25-15)26-18-8-6-17(14-23)7-9-18/h3-9,12-13H,10-11H2,1-2H3,(H,24,28)(H,25,26,27). The molecule has 0 fully saturated rings. The minimum Gasteiger partial charge on any atom is -0.497 e. The second-order valence-electron chi connectivity index (χ2n) is 6.39. The summed E-state index contributed by atoms with van der Waals surface area (Å²) in [6.45, 7) is 2.28. The Morgan fingerprint density at radius 1 is 1.14 bits per heavy atom. The van der Waals surface area contributed by atoms with Crippen molar-refractivity contribution in [3.8, 4) is 11.8 Å². The molecular formula is C22H21N5O2. The Morgan fingerprint density at radius 2 is 1.93 bits per heavy atom. The maximum atomic E-state index is 12.5. The number of aryl methyl sites for hydroxylation is 1. The minimum atomic E-state index is -0.263. The van der Waals surface area contributed by atoms with Gasteiger partial charge in [0, 0.05) is 17.9 Å². The summed E-state index contributed by atoms with van der Waals surface area (Å²) in [4.78, 5) is 21.1. The lowest BCUT2D eigenvalue weighted by atomic mass is 10.1. The topological polar surface area (TPSA) is 99.9 Å². The van der Waals surface area contributed by atoms with Gasteiger partial charge in [-0.2, -0.15) is 5.26 Å². The van der Waals surface area contributed by atoms with Crippen molar-refractivity contribution in [3.05, 3.63) is 77.1 Å². The zero-order chi connectivity index (χ0) is 20.6. The van der Waals surface area contributed by atoms with Gasteiger partial charge < -0.3 is 15.4 Å². The molecular weight excluding hydrogens is 366 g/mol. The van der Waals surface area contributed by atoms with Crippen LogP contribution in [0.1, 0.15) is 27.3 Å². The van der Waals surface area contributed by atoms with Crippen LogP contribution in [0.4, 0.5) is 11.6 Å². The number of rotatable bonds is 7. The highest BCUT2D eigenvalue weighted by Gasteiger charge is 2.11. The van der Waals surface area contributed by atoms with E-state index in [1.54, 1.807) is 44.4 Å². The van der Waals surface area contributed by atoms with Gasteiger partial charge in [0.15, 0.2) is 0 Å². The molecule has 2 aromatic carbocycles. The molecule has 0 bridgehead atoms. The Bertz CT molecular complexity index is 1040. The van der Waals surface area contributed by atoms with E-state index >= 15 is 0 Å². The summed E-state index contributed by atoms with van der Waals surface area (Å²) in [5, 5.41) is 14.8. The van der Waals surface area contributed by atoms with Crippen LogP contribution >= 0.6 is 0 Å². The van der Waals surface area contributed by atoms with Crippen LogP contribution in [0.3, 0.4) is 0 Å². The Labute approximate surface area is 169 Å². The van der Waals surface area contributed by atoms with Gasteiger partial charge >= 0.3 is 0 Å². The van der Waals surface area contributed by atoms with Gasteiger partial charge in [-0.25, -0.2) is 9.97 Å². The summed E-state index contributed by atoms with van der Waals surface area (Å²) in [5.41, 5.74) is 3.34. The van der Waals surface area contributed by atoms with Gasteiger partial charge in [-0.05, 0) is 61.4 Å². The number of benzene rings is 2. The number of amides is 1. The van der Waals surface area contributed by atoms with Gasteiger partial charge in [-0.1, -0.05) is 12.1 Å². The molecule has 0 radical (unpaired) electrons. The van der Waals surface area contributed by atoms with Crippen molar-refractivity contribution in [3.63, 3.8) is 0 Å². The van der Waals surface area contributed by atoms with Crippen LogP contribution in [-0.4, -0.2) is 29.5 Å². The fraction of sp³-hybridized carbons (Fsp3) is 0.182. The van der Waals surface area contributed by atoms with Crippen molar-refractivity contribution < 1.29 is 9.53 Å². The first-order valence-electron chi connectivity index (χ1n) is 9.11. The summed E-state index contributed by atoms with van der Waals surface area (Å²) < 4.78 is 5.21. The maximum Gasteiger partial charge on any atom is 0.270 e. The predicted molar refractivity (Wildman–Crippen MR) is 110 cm³/mol. The molecule has 29 heavy (non-hydrogen) atoms. The molecule has 1 aromatic heterocycles. The number of carbonyl (C=O) groups is 1. The number of anilines is 2. The highest BCUT2D eigenvalue weighted by atomic mass is 16.5. The number of methoxy groups -OCH3 is 1. The van der Waals surface area contributed by atoms with Crippen LogP contribution in [0.15, 0.2) is 54.6 Å². The van der Waals surface area contributed by atoms with E-state index in [-0.39, 0.29) is 5.91 Å².